The van der Waals surface area contributed by atoms with E-state index in [1.807, 2.05) is 6.92 Å². The van der Waals surface area contributed by atoms with Gasteiger partial charge in [-0.15, -0.1) is 5.10 Å². The van der Waals surface area contributed by atoms with Gasteiger partial charge in [0.05, 0.1) is 22.7 Å². The van der Waals surface area contributed by atoms with Crippen molar-refractivity contribution < 1.29 is 18.7 Å². The molecule has 1 saturated carbocycles. The Morgan fingerprint density at radius 2 is 1.97 bits per heavy atom. The van der Waals surface area contributed by atoms with Gasteiger partial charge in [0.2, 0.25) is 0 Å². The zero-order valence-corrected chi connectivity index (χ0v) is 20.5. The first-order chi connectivity index (χ1) is 17.5. The number of carbonyl (C=O) groups excluding carboxylic acids is 2. The minimum absolute atomic E-state index is 0.149. The Morgan fingerprint density at radius 1 is 1.17 bits per heavy atom. The molecule has 1 aliphatic rings. The topological polar surface area (TPSA) is 128 Å². The van der Waals surface area contributed by atoms with Gasteiger partial charge in [0.25, 0.3) is 11.8 Å². The predicted octanol–water partition coefficient (Wildman–Crippen LogP) is 3.09. The van der Waals surface area contributed by atoms with E-state index in [4.69, 9.17) is 9.15 Å². The molecule has 0 saturated heterocycles. The lowest BCUT2D eigenvalue weighted by Crippen LogP contribution is -2.27. The summed E-state index contributed by atoms with van der Waals surface area (Å²) in [6.45, 7) is 2.79. The number of benzene rings is 2. The maximum Gasteiger partial charge on any atom is 0.396 e. The number of nitrogens with zero attached hydrogens (tertiary/aromatic N) is 3. The van der Waals surface area contributed by atoms with Gasteiger partial charge in [-0.1, -0.05) is 16.6 Å². The minimum atomic E-state index is -0.348. The molecule has 10 nitrogen and oxygen atoms in total. The SMILES string of the molecule is CCNC(=O)c1ccc(-n2nnc(C(=O)NC3CC3)c2CCCOc2ccc3sc(=O)oc3c2)cc1. The smallest absolute Gasteiger partial charge is 0.396 e. The van der Waals surface area contributed by atoms with Gasteiger partial charge in [-0.25, -0.2) is 9.48 Å². The molecule has 5 rings (SSSR count). The van der Waals surface area contributed by atoms with E-state index in [9.17, 15) is 14.4 Å². The number of carbonyl (C=O) groups is 2. The van der Waals surface area contributed by atoms with Gasteiger partial charge >= 0.3 is 4.94 Å². The summed E-state index contributed by atoms with van der Waals surface area (Å²) in [6, 6.07) is 12.5. The third kappa shape index (κ3) is 5.30. The van der Waals surface area contributed by atoms with Crippen LogP contribution >= 0.6 is 11.3 Å². The van der Waals surface area contributed by atoms with Gasteiger partial charge in [0, 0.05) is 24.2 Å². The van der Waals surface area contributed by atoms with Crippen molar-refractivity contribution in [2.24, 2.45) is 0 Å². The molecule has 36 heavy (non-hydrogen) atoms. The highest BCUT2D eigenvalue weighted by molar-refractivity contribution is 7.16. The standard InChI is InChI=1S/C25H25N5O5S/c1-2-26-23(31)15-5-9-17(10-6-15)30-19(22(28-29-30)24(32)27-16-7-8-16)4-3-13-34-18-11-12-21-20(14-18)35-25(33)36-21/h5-6,9-12,14,16H,2-4,7-8,13H2,1H3,(H,26,31)(H,27,32). The molecule has 0 atom stereocenters. The van der Waals surface area contributed by atoms with Crippen molar-refractivity contribution >= 4 is 33.4 Å². The second-order valence-corrected chi connectivity index (χ2v) is 9.44. The molecular weight excluding hydrogens is 482 g/mol. The average Bonchev–Trinajstić information content (AvgIpc) is 3.45. The summed E-state index contributed by atoms with van der Waals surface area (Å²) < 4.78 is 13.4. The van der Waals surface area contributed by atoms with Crippen LogP contribution in [0.1, 0.15) is 52.7 Å². The number of hydrogen-bond acceptors (Lipinski definition) is 8. The van der Waals surface area contributed by atoms with Gasteiger partial charge < -0.3 is 19.8 Å². The summed E-state index contributed by atoms with van der Waals surface area (Å²) in [6.07, 6.45) is 3.03. The van der Waals surface area contributed by atoms with E-state index in [-0.39, 0.29) is 28.5 Å². The number of hydrogen-bond donors (Lipinski definition) is 2. The Morgan fingerprint density at radius 3 is 2.72 bits per heavy atom. The van der Waals surface area contributed by atoms with Crippen molar-refractivity contribution in [2.45, 2.75) is 38.6 Å². The van der Waals surface area contributed by atoms with Crippen molar-refractivity contribution in [1.82, 2.24) is 25.6 Å². The third-order valence-corrected chi connectivity index (χ3v) is 6.54. The molecule has 0 aliphatic heterocycles. The van der Waals surface area contributed by atoms with Crippen molar-refractivity contribution in [3.05, 3.63) is 69.1 Å². The number of aromatic nitrogens is 3. The zero-order chi connectivity index (χ0) is 25.1. The van der Waals surface area contributed by atoms with E-state index >= 15 is 0 Å². The Bertz CT molecular complexity index is 1450. The maximum absolute atomic E-state index is 12.8. The molecule has 1 fully saturated rings. The number of amides is 2. The average molecular weight is 508 g/mol. The fourth-order valence-electron chi connectivity index (χ4n) is 3.78. The first-order valence-electron chi connectivity index (χ1n) is 11.8. The first-order valence-corrected chi connectivity index (χ1v) is 12.6. The van der Waals surface area contributed by atoms with E-state index in [2.05, 4.69) is 20.9 Å². The Hall–Kier alpha value is -3.99. The fourth-order valence-corrected chi connectivity index (χ4v) is 4.43. The largest absolute Gasteiger partial charge is 0.493 e. The molecule has 2 aromatic heterocycles. The molecule has 2 heterocycles. The van der Waals surface area contributed by atoms with Crippen molar-refractivity contribution in [3.8, 4) is 11.4 Å². The molecule has 2 N–H and O–H groups in total. The van der Waals surface area contributed by atoms with Gasteiger partial charge in [0.1, 0.15) is 5.75 Å². The summed E-state index contributed by atoms with van der Waals surface area (Å²) >= 11 is 1.05. The van der Waals surface area contributed by atoms with Crippen LogP contribution in [0.5, 0.6) is 5.75 Å². The van der Waals surface area contributed by atoms with E-state index in [1.54, 1.807) is 47.1 Å². The summed E-state index contributed by atoms with van der Waals surface area (Å²) in [4.78, 5) is 36.0. The summed E-state index contributed by atoms with van der Waals surface area (Å²) in [7, 11) is 0. The van der Waals surface area contributed by atoms with Crippen LogP contribution in [0.4, 0.5) is 0 Å². The Labute approximate surface area is 210 Å². The number of nitrogens with one attached hydrogen (secondary N) is 2. The molecule has 1 aliphatic carbocycles. The monoisotopic (exact) mass is 507 g/mol. The summed E-state index contributed by atoms with van der Waals surface area (Å²) in [5.74, 6) is 0.212. The number of rotatable bonds is 10. The molecule has 4 aromatic rings. The number of fused-ring (bicyclic) bond motifs is 1. The highest BCUT2D eigenvalue weighted by atomic mass is 32.1. The molecule has 2 amide bonds. The quantitative estimate of drug-likeness (QED) is 0.316. The van der Waals surface area contributed by atoms with Gasteiger partial charge in [-0.05, 0) is 69.0 Å². The van der Waals surface area contributed by atoms with Crippen molar-refractivity contribution in [3.63, 3.8) is 0 Å². The van der Waals surface area contributed by atoms with Crippen LogP contribution < -0.4 is 20.3 Å². The van der Waals surface area contributed by atoms with Gasteiger partial charge in [-0.3, -0.25) is 9.59 Å². The summed E-state index contributed by atoms with van der Waals surface area (Å²) in [5.41, 5.74) is 2.70. The van der Waals surface area contributed by atoms with Crippen molar-refractivity contribution in [2.75, 3.05) is 13.2 Å². The minimum Gasteiger partial charge on any atom is -0.493 e. The van der Waals surface area contributed by atoms with E-state index in [0.717, 1.165) is 28.9 Å². The van der Waals surface area contributed by atoms with E-state index in [0.29, 0.717) is 54.3 Å². The molecule has 186 valence electrons. The maximum atomic E-state index is 12.8. The van der Waals surface area contributed by atoms with Crippen LogP contribution in [0.3, 0.4) is 0 Å². The summed E-state index contributed by atoms with van der Waals surface area (Å²) in [5, 5.41) is 14.2. The van der Waals surface area contributed by atoms with Gasteiger partial charge in [-0.2, -0.15) is 0 Å². The van der Waals surface area contributed by atoms with Crippen LogP contribution in [0, 0.1) is 0 Å². The highest BCUT2D eigenvalue weighted by Crippen LogP contribution is 2.24. The lowest BCUT2D eigenvalue weighted by atomic mass is 10.1. The molecular formula is C25H25N5O5S. The first kappa shape index (κ1) is 23.7. The molecule has 0 radical (unpaired) electrons. The van der Waals surface area contributed by atoms with Crippen LogP contribution in [0.2, 0.25) is 0 Å². The highest BCUT2D eigenvalue weighted by Gasteiger charge is 2.27. The van der Waals surface area contributed by atoms with E-state index < -0.39 is 0 Å². The van der Waals surface area contributed by atoms with Crippen LogP contribution in [0.25, 0.3) is 16.0 Å². The zero-order valence-electron chi connectivity index (χ0n) is 19.7. The molecule has 0 spiro atoms. The van der Waals surface area contributed by atoms with Crippen LogP contribution in [0.15, 0.2) is 51.7 Å². The lowest BCUT2D eigenvalue weighted by Gasteiger charge is -2.10. The Kier molecular flexibility index (Phi) is 6.81. The number of ether oxygens (including phenoxy) is 1. The van der Waals surface area contributed by atoms with E-state index in [1.165, 1.54) is 0 Å². The second kappa shape index (κ2) is 10.3. The molecule has 11 heteroatoms. The molecule has 2 aromatic carbocycles. The molecule has 0 bridgehead atoms. The lowest BCUT2D eigenvalue weighted by molar-refractivity contribution is 0.0940. The fraction of sp³-hybridized carbons (Fsp3) is 0.320. The normalized spacial score (nSPS) is 13.0. The molecule has 0 unspecified atom stereocenters. The second-order valence-electron chi connectivity index (χ2n) is 8.47. The van der Waals surface area contributed by atoms with Gasteiger partial charge in [0.15, 0.2) is 11.3 Å². The Balaban J connectivity index is 1.31. The third-order valence-electron chi connectivity index (χ3n) is 5.73. The predicted molar refractivity (Wildman–Crippen MR) is 134 cm³/mol. The van der Waals surface area contributed by atoms with Crippen molar-refractivity contribution in [1.29, 1.82) is 0 Å². The van der Waals surface area contributed by atoms with Crippen LogP contribution in [-0.2, 0) is 6.42 Å². The van der Waals surface area contributed by atoms with Crippen LogP contribution in [-0.4, -0.2) is 46.0 Å².